The largest absolute Gasteiger partial charge is 0.393 e. The lowest BCUT2D eigenvalue weighted by atomic mass is 10.1. The fraction of sp³-hybridized carbons (Fsp3) is 0.917. The number of carbonyl (C=O) groups is 1. The van der Waals surface area contributed by atoms with E-state index in [1.807, 2.05) is 16.8 Å². The molecule has 1 aliphatic rings. The molecular formula is C12H24N2O2. The van der Waals surface area contributed by atoms with Crippen molar-refractivity contribution in [2.45, 2.75) is 38.7 Å². The summed E-state index contributed by atoms with van der Waals surface area (Å²) >= 11 is 0. The van der Waals surface area contributed by atoms with Gasteiger partial charge in [-0.15, -0.1) is 0 Å². The van der Waals surface area contributed by atoms with Crippen molar-refractivity contribution < 1.29 is 9.90 Å². The number of aliphatic hydroxyl groups excluding tert-OH is 1. The van der Waals surface area contributed by atoms with Crippen LogP contribution in [0.3, 0.4) is 0 Å². The van der Waals surface area contributed by atoms with E-state index in [1.165, 1.54) is 6.42 Å². The van der Waals surface area contributed by atoms with Gasteiger partial charge < -0.3 is 10.0 Å². The maximum Gasteiger partial charge on any atom is 0.236 e. The van der Waals surface area contributed by atoms with Gasteiger partial charge in [-0.2, -0.15) is 0 Å². The quantitative estimate of drug-likeness (QED) is 0.753. The summed E-state index contributed by atoms with van der Waals surface area (Å²) in [6.07, 6.45) is 3.98. The molecule has 0 saturated carbocycles. The predicted molar refractivity (Wildman–Crippen MR) is 64.2 cm³/mol. The zero-order chi connectivity index (χ0) is 12.0. The number of hydrogen-bond donors (Lipinski definition) is 1. The molecule has 1 amide bonds. The van der Waals surface area contributed by atoms with Gasteiger partial charge in [0.15, 0.2) is 0 Å². The number of likely N-dealkylation sites (tertiary alicyclic amines) is 1. The van der Waals surface area contributed by atoms with Crippen molar-refractivity contribution in [3.63, 3.8) is 0 Å². The number of likely N-dealkylation sites (N-methyl/N-ethyl adjacent to an activating group) is 1. The number of aliphatic hydroxyl groups is 1. The van der Waals surface area contributed by atoms with Gasteiger partial charge in [0.1, 0.15) is 0 Å². The summed E-state index contributed by atoms with van der Waals surface area (Å²) in [5, 5.41) is 9.16. The van der Waals surface area contributed by atoms with Crippen LogP contribution in [0.5, 0.6) is 0 Å². The minimum Gasteiger partial charge on any atom is -0.393 e. The van der Waals surface area contributed by atoms with E-state index in [1.54, 1.807) is 6.92 Å². The van der Waals surface area contributed by atoms with Crippen LogP contribution in [0.25, 0.3) is 0 Å². The normalized spacial score (nSPS) is 18.9. The number of piperidine rings is 1. The van der Waals surface area contributed by atoms with E-state index in [0.717, 1.165) is 38.9 Å². The number of rotatable bonds is 5. The lowest BCUT2D eigenvalue weighted by Crippen LogP contribution is -2.42. The summed E-state index contributed by atoms with van der Waals surface area (Å²) in [6.45, 7) is 4.87. The molecule has 0 radical (unpaired) electrons. The molecule has 4 heteroatoms. The van der Waals surface area contributed by atoms with Crippen molar-refractivity contribution in [2.75, 3.05) is 33.2 Å². The fourth-order valence-electron chi connectivity index (χ4n) is 1.96. The van der Waals surface area contributed by atoms with Gasteiger partial charge in [0.05, 0.1) is 12.6 Å². The molecule has 1 rings (SSSR count). The molecule has 1 aliphatic heterocycles. The van der Waals surface area contributed by atoms with E-state index >= 15 is 0 Å². The van der Waals surface area contributed by atoms with Gasteiger partial charge in [0, 0.05) is 19.6 Å². The first-order valence-corrected chi connectivity index (χ1v) is 6.24. The van der Waals surface area contributed by atoms with Gasteiger partial charge >= 0.3 is 0 Å². The third-order valence-corrected chi connectivity index (χ3v) is 3.04. The number of hydrogen-bond acceptors (Lipinski definition) is 3. The lowest BCUT2D eigenvalue weighted by molar-refractivity contribution is -0.133. The second kappa shape index (κ2) is 6.86. The van der Waals surface area contributed by atoms with Crippen LogP contribution in [0.4, 0.5) is 0 Å². The molecule has 0 spiro atoms. The van der Waals surface area contributed by atoms with Crippen molar-refractivity contribution >= 4 is 5.91 Å². The van der Waals surface area contributed by atoms with Crippen LogP contribution in [-0.2, 0) is 4.79 Å². The first-order valence-electron chi connectivity index (χ1n) is 6.24. The van der Waals surface area contributed by atoms with Crippen LogP contribution in [0.2, 0.25) is 0 Å². The summed E-state index contributed by atoms with van der Waals surface area (Å²) in [5.41, 5.74) is 0. The minimum absolute atomic E-state index is 0.229. The number of nitrogens with zero attached hydrogens (tertiary/aromatic N) is 2. The Morgan fingerprint density at radius 2 is 2.00 bits per heavy atom. The highest BCUT2D eigenvalue weighted by molar-refractivity contribution is 5.78. The van der Waals surface area contributed by atoms with E-state index < -0.39 is 0 Å². The van der Waals surface area contributed by atoms with Gasteiger partial charge in [0.25, 0.3) is 0 Å². The van der Waals surface area contributed by atoms with E-state index in [-0.39, 0.29) is 12.0 Å². The van der Waals surface area contributed by atoms with Gasteiger partial charge in [-0.25, -0.2) is 0 Å². The Morgan fingerprint density at radius 1 is 1.38 bits per heavy atom. The van der Waals surface area contributed by atoms with Crippen LogP contribution >= 0.6 is 0 Å². The highest BCUT2D eigenvalue weighted by atomic mass is 16.3. The second-order valence-electron chi connectivity index (χ2n) is 4.82. The topological polar surface area (TPSA) is 43.8 Å². The summed E-state index contributed by atoms with van der Waals surface area (Å²) < 4.78 is 0. The molecule has 1 saturated heterocycles. The van der Waals surface area contributed by atoms with Gasteiger partial charge in [-0.1, -0.05) is 0 Å². The van der Waals surface area contributed by atoms with Crippen LogP contribution < -0.4 is 0 Å². The van der Waals surface area contributed by atoms with Crippen molar-refractivity contribution in [3.8, 4) is 0 Å². The smallest absolute Gasteiger partial charge is 0.236 e. The molecule has 1 unspecified atom stereocenters. The average Bonchev–Trinajstić information content (AvgIpc) is 2.27. The van der Waals surface area contributed by atoms with Crippen molar-refractivity contribution in [3.05, 3.63) is 0 Å². The molecule has 0 aliphatic carbocycles. The molecule has 0 bridgehead atoms. The molecular weight excluding hydrogens is 204 g/mol. The second-order valence-corrected chi connectivity index (χ2v) is 4.82. The molecule has 1 N–H and O–H groups in total. The first kappa shape index (κ1) is 13.5. The van der Waals surface area contributed by atoms with E-state index in [0.29, 0.717) is 6.54 Å². The predicted octanol–water partition coefficient (Wildman–Crippen LogP) is 0.702. The average molecular weight is 228 g/mol. The minimum atomic E-state index is -0.285. The zero-order valence-corrected chi connectivity index (χ0v) is 10.5. The van der Waals surface area contributed by atoms with Crippen molar-refractivity contribution in [1.82, 2.24) is 9.80 Å². The molecule has 4 nitrogen and oxygen atoms in total. The van der Waals surface area contributed by atoms with Crippen LogP contribution in [-0.4, -0.2) is 60.1 Å². The van der Waals surface area contributed by atoms with Crippen molar-refractivity contribution in [1.29, 1.82) is 0 Å². The summed E-state index contributed by atoms with van der Waals surface area (Å²) in [7, 11) is 1.93. The maximum atomic E-state index is 11.9. The van der Waals surface area contributed by atoms with Gasteiger partial charge in [-0.3, -0.25) is 9.69 Å². The Kier molecular flexibility index (Phi) is 5.77. The molecule has 0 aromatic carbocycles. The maximum absolute atomic E-state index is 11.9. The highest BCUT2D eigenvalue weighted by Crippen LogP contribution is 2.09. The van der Waals surface area contributed by atoms with E-state index in [4.69, 9.17) is 5.11 Å². The third kappa shape index (κ3) is 4.94. The SMILES string of the molecule is CC(O)CCN(C)CC(=O)N1CCCCC1. The standard InChI is InChI=1S/C12H24N2O2/c1-11(15)6-9-13(2)10-12(16)14-7-4-3-5-8-14/h11,15H,3-10H2,1-2H3. The fourth-order valence-corrected chi connectivity index (χ4v) is 1.96. The van der Waals surface area contributed by atoms with E-state index in [9.17, 15) is 4.79 Å². The lowest BCUT2D eigenvalue weighted by Gasteiger charge is -2.28. The summed E-state index contributed by atoms with van der Waals surface area (Å²) in [5.74, 6) is 0.229. The Hall–Kier alpha value is -0.610. The number of amides is 1. The summed E-state index contributed by atoms with van der Waals surface area (Å²) in [4.78, 5) is 15.8. The van der Waals surface area contributed by atoms with Crippen LogP contribution in [0.15, 0.2) is 0 Å². The molecule has 1 heterocycles. The Balaban J connectivity index is 2.21. The molecule has 1 atom stereocenters. The monoisotopic (exact) mass is 228 g/mol. The van der Waals surface area contributed by atoms with Gasteiger partial charge in [0.2, 0.25) is 5.91 Å². The zero-order valence-electron chi connectivity index (χ0n) is 10.5. The van der Waals surface area contributed by atoms with E-state index in [2.05, 4.69) is 0 Å². The Morgan fingerprint density at radius 3 is 2.56 bits per heavy atom. The first-order chi connectivity index (χ1) is 7.59. The molecule has 0 aromatic rings. The van der Waals surface area contributed by atoms with Crippen LogP contribution in [0, 0.1) is 0 Å². The van der Waals surface area contributed by atoms with Gasteiger partial charge in [-0.05, 0) is 39.7 Å². The molecule has 94 valence electrons. The molecule has 1 fully saturated rings. The Bertz CT molecular complexity index is 213. The number of carbonyl (C=O) groups excluding carboxylic acids is 1. The summed E-state index contributed by atoms with van der Waals surface area (Å²) in [6, 6.07) is 0. The van der Waals surface area contributed by atoms with Crippen molar-refractivity contribution in [2.24, 2.45) is 0 Å². The highest BCUT2D eigenvalue weighted by Gasteiger charge is 2.17. The molecule has 16 heavy (non-hydrogen) atoms. The Labute approximate surface area is 98.2 Å². The molecule has 0 aromatic heterocycles. The van der Waals surface area contributed by atoms with Crippen LogP contribution in [0.1, 0.15) is 32.6 Å². The third-order valence-electron chi connectivity index (χ3n) is 3.04.